The van der Waals surface area contributed by atoms with Crippen LogP contribution in [0.4, 0.5) is 24.8 Å². The fraction of sp³-hybridized carbons (Fsp3) is 0.364. The van der Waals surface area contributed by atoms with Gasteiger partial charge in [-0.2, -0.15) is 13.2 Å². The van der Waals surface area contributed by atoms with E-state index in [9.17, 15) is 18.0 Å². The van der Waals surface area contributed by atoms with Crippen molar-refractivity contribution in [2.75, 3.05) is 30.3 Å². The van der Waals surface area contributed by atoms with Crippen molar-refractivity contribution in [3.8, 4) is 11.1 Å². The molecule has 3 aromatic carbocycles. The Morgan fingerprint density at radius 2 is 1.79 bits per heavy atom. The standard InChI is InChI=1S/C33H38F3N5O/c1-6-41(7-2)17-9-10-22(4)38-32-37-20-26-18-24(15-16-30(26)40-32)27-19-25(14-13-21(27)3)31(42)39-29-12-8-11-28(23(29)5)33(34,35)36/h8,11-16,18-20,22H,6-7,9-10,17H2,1-5H3,(H,39,42)(H,37,38,40). The highest BCUT2D eigenvalue weighted by atomic mass is 19.4. The van der Waals surface area contributed by atoms with Crippen LogP contribution in [0.2, 0.25) is 0 Å². The molecule has 4 rings (SSSR count). The number of nitrogens with one attached hydrogen (secondary N) is 2. The lowest BCUT2D eigenvalue weighted by atomic mass is 9.96. The van der Waals surface area contributed by atoms with Gasteiger partial charge in [-0.05, 0) is 112 Å². The molecule has 0 saturated carbocycles. The van der Waals surface area contributed by atoms with Crippen LogP contribution in [0.1, 0.15) is 60.7 Å². The van der Waals surface area contributed by atoms with Crippen molar-refractivity contribution in [2.24, 2.45) is 0 Å². The number of benzene rings is 3. The second-order valence-electron chi connectivity index (χ2n) is 10.6. The van der Waals surface area contributed by atoms with E-state index in [4.69, 9.17) is 4.98 Å². The molecule has 0 saturated heterocycles. The fourth-order valence-electron chi connectivity index (χ4n) is 5.07. The maximum absolute atomic E-state index is 13.3. The van der Waals surface area contributed by atoms with Gasteiger partial charge < -0.3 is 15.5 Å². The third-order valence-corrected chi connectivity index (χ3v) is 7.66. The van der Waals surface area contributed by atoms with Crippen molar-refractivity contribution in [3.05, 3.63) is 83.0 Å². The van der Waals surface area contributed by atoms with Gasteiger partial charge in [0.25, 0.3) is 5.91 Å². The number of carbonyl (C=O) groups excluding carboxylic acids is 1. The van der Waals surface area contributed by atoms with E-state index in [2.05, 4.69) is 41.3 Å². The quantitative estimate of drug-likeness (QED) is 0.188. The van der Waals surface area contributed by atoms with Crippen LogP contribution in [-0.2, 0) is 6.18 Å². The molecule has 222 valence electrons. The van der Waals surface area contributed by atoms with Crippen molar-refractivity contribution in [1.82, 2.24) is 14.9 Å². The molecule has 4 aromatic rings. The predicted molar refractivity (Wildman–Crippen MR) is 164 cm³/mol. The second-order valence-corrected chi connectivity index (χ2v) is 10.6. The molecule has 0 spiro atoms. The summed E-state index contributed by atoms with van der Waals surface area (Å²) in [7, 11) is 0. The van der Waals surface area contributed by atoms with Gasteiger partial charge in [0.2, 0.25) is 5.95 Å². The smallest absolute Gasteiger partial charge is 0.352 e. The summed E-state index contributed by atoms with van der Waals surface area (Å²) in [5.41, 5.74) is 3.17. The van der Waals surface area contributed by atoms with Crippen LogP contribution < -0.4 is 10.6 Å². The maximum Gasteiger partial charge on any atom is 0.416 e. The van der Waals surface area contributed by atoms with Crippen molar-refractivity contribution >= 4 is 28.4 Å². The van der Waals surface area contributed by atoms with Gasteiger partial charge in [-0.1, -0.05) is 32.0 Å². The molecule has 2 N–H and O–H groups in total. The van der Waals surface area contributed by atoms with E-state index in [1.165, 1.54) is 19.1 Å². The van der Waals surface area contributed by atoms with E-state index in [1.807, 2.05) is 31.2 Å². The highest BCUT2D eigenvalue weighted by molar-refractivity contribution is 6.05. The summed E-state index contributed by atoms with van der Waals surface area (Å²) in [4.78, 5) is 24.7. The number of aromatic nitrogens is 2. The SMILES string of the molecule is CCN(CC)CCCC(C)Nc1ncc2cc(-c3cc(C(=O)Nc4cccc(C(F)(F)F)c4C)ccc3C)ccc2n1. The number of anilines is 2. The van der Waals surface area contributed by atoms with Gasteiger partial charge in [0.15, 0.2) is 0 Å². The molecular weight excluding hydrogens is 539 g/mol. The summed E-state index contributed by atoms with van der Waals surface area (Å²) < 4.78 is 40.0. The summed E-state index contributed by atoms with van der Waals surface area (Å²) in [5, 5.41) is 6.91. The number of hydrogen-bond acceptors (Lipinski definition) is 5. The monoisotopic (exact) mass is 577 g/mol. The molecule has 0 aliphatic carbocycles. The highest BCUT2D eigenvalue weighted by Crippen LogP contribution is 2.35. The van der Waals surface area contributed by atoms with Gasteiger partial charge in [0.05, 0.1) is 11.1 Å². The van der Waals surface area contributed by atoms with Crippen LogP contribution >= 0.6 is 0 Å². The van der Waals surface area contributed by atoms with Crippen LogP contribution in [0.25, 0.3) is 22.0 Å². The number of aryl methyl sites for hydroxylation is 1. The first-order valence-corrected chi connectivity index (χ1v) is 14.3. The first kappa shape index (κ1) is 31.0. The lowest BCUT2D eigenvalue weighted by Gasteiger charge is -2.19. The lowest BCUT2D eigenvalue weighted by molar-refractivity contribution is -0.138. The van der Waals surface area contributed by atoms with Crippen LogP contribution in [-0.4, -0.2) is 46.5 Å². The Balaban J connectivity index is 1.49. The zero-order valence-electron chi connectivity index (χ0n) is 24.8. The third-order valence-electron chi connectivity index (χ3n) is 7.66. The summed E-state index contributed by atoms with van der Waals surface area (Å²) in [6.07, 6.45) is -0.586. The van der Waals surface area contributed by atoms with Gasteiger partial charge in [0.1, 0.15) is 0 Å². The summed E-state index contributed by atoms with van der Waals surface area (Å²) in [6.45, 7) is 13.0. The molecule has 1 atom stereocenters. The van der Waals surface area contributed by atoms with Crippen molar-refractivity contribution in [2.45, 2.75) is 59.7 Å². The van der Waals surface area contributed by atoms with E-state index < -0.39 is 17.6 Å². The molecule has 6 nitrogen and oxygen atoms in total. The number of fused-ring (bicyclic) bond motifs is 1. The molecular formula is C33H38F3N5O. The minimum Gasteiger partial charge on any atom is -0.352 e. The average Bonchev–Trinajstić information content (AvgIpc) is 2.95. The summed E-state index contributed by atoms with van der Waals surface area (Å²) >= 11 is 0. The van der Waals surface area contributed by atoms with Gasteiger partial charge in [0, 0.05) is 28.9 Å². The van der Waals surface area contributed by atoms with Crippen molar-refractivity contribution < 1.29 is 18.0 Å². The summed E-state index contributed by atoms with van der Waals surface area (Å²) in [5.74, 6) is 0.107. The Labute approximate surface area is 245 Å². The molecule has 0 bridgehead atoms. The van der Waals surface area contributed by atoms with E-state index >= 15 is 0 Å². The van der Waals surface area contributed by atoms with Gasteiger partial charge in [-0.25, -0.2) is 9.97 Å². The number of amides is 1. The number of nitrogens with zero attached hydrogens (tertiary/aromatic N) is 3. The van der Waals surface area contributed by atoms with E-state index in [-0.39, 0.29) is 17.3 Å². The van der Waals surface area contributed by atoms with E-state index in [1.54, 1.807) is 18.3 Å². The number of hydrogen-bond donors (Lipinski definition) is 2. The first-order chi connectivity index (χ1) is 20.0. The normalized spacial score (nSPS) is 12.5. The molecule has 0 radical (unpaired) electrons. The molecule has 1 amide bonds. The number of halogens is 3. The zero-order chi connectivity index (χ0) is 30.4. The Morgan fingerprint density at radius 1 is 1.02 bits per heavy atom. The molecule has 1 unspecified atom stereocenters. The number of rotatable bonds is 11. The first-order valence-electron chi connectivity index (χ1n) is 14.3. The molecule has 1 aromatic heterocycles. The minimum atomic E-state index is -4.50. The Bertz CT molecular complexity index is 1550. The second kappa shape index (κ2) is 13.3. The van der Waals surface area contributed by atoms with Crippen LogP contribution in [0.3, 0.4) is 0 Å². The Hall–Kier alpha value is -3.98. The molecule has 42 heavy (non-hydrogen) atoms. The van der Waals surface area contributed by atoms with Crippen molar-refractivity contribution in [1.29, 1.82) is 0 Å². The van der Waals surface area contributed by atoms with Gasteiger partial charge >= 0.3 is 6.18 Å². The van der Waals surface area contributed by atoms with Crippen LogP contribution in [0.5, 0.6) is 0 Å². The van der Waals surface area contributed by atoms with Gasteiger partial charge in [-0.3, -0.25) is 4.79 Å². The molecule has 0 aliphatic heterocycles. The molecule has 0 fully saturated rings. The number of alkyl halides is 3. The maximum atomic E-state index is 13.3. The minimum absolute atomic E-state index is 0.0249. The Morgan fingerprint density at radius 3 is 2.50 bits per heavy atom. The zero-order valence-corrected chi connectivity index (χ0v) is 24.8. The third kappa shape index (κ3) is 7.45. The molecule has 1 heterocycles. The fourth-order valence-corrected chi connectivity index (χ4v) is 5.07. The van der Waals surface area contributed by atoms with Crippen LogP contribution in [0.15, 0.2) is 60.8 Å². The Kier molecular flexibility index (Phi) is 9.83. The lowest BCUT2D eigenvalue weighted by Crippen LogP contribution is -2.25. The number of carbonyl (C=O) groups is 1. The largest absolute Gasteiger partial charge is 0.416 e. The van der Waals surface area contributed by atoms with E-state index in [0.29, 0.717) is 11.5 Å². The van der Waals surface area contributed by atoms with E-state index in [0.717, 1.165) is 66.1 Å². The average molecular weight is 578 g/mol. The summed E-state index contributed by atoms with van der Waals surface area (Å²) in [6, 6.07) is 15.1. The van der Waals surface area contributed by atoms with Crippen LogP contribution in [0, 0.1) is 13.8 Å². The van der Waals surface area contributed by atoms with Gasteiger partial charge in [-0.15, -0.1) is 0 Å². The molecule has 9 heteroatoms. The molecule has 0 aliphatic rings. The van der Waals surface area contributed by atoms with Crippen molar-refractivity contribution in [3.63, 3.8) is 0 Å². The predicted octanol–water partition coefficient (Wildman–Crippen LogP) is 8.11. The highest BCUT2D eigenvalue weighted by Gasteiger charge is 2.33. The topological polar surface area (TPSA) is 70.2 Å².